The number of Topliss-reactive ketones (excluding diaryl/α,β-unsaturated/α-hetero) is 1. The lowest BCUT2D eigenvalue weighted by Gasteiger charge is -1.93. The smallest absolute Gasteiger partial charge is 0.168 e. The molecule has 0 unspecified atom stereocenters. The van der Waals surface area contributed by atoms with Crippen LogP contribution in [-0.4, -0.2) is 10.6 Å². The van der Waals surface area contributed by atoms with Crippen molar-refractivity contribution in [2.24, 2.45) is 5.92 Å². The molecular formula is C5H6Cl2O. The summed E-state index contributed by atoms with van der Waals surface area (Å²) in [5.41, 5.74) is 0. The molecule has 8 heavy (non-hydrogen) atoms. The summed E-state index contributed by atoms with van der Waals surface area (Å²) in [6.07, 6.45) is 1.96. The Morgan fingerprint density at radius 1 is 1.50 bits per heavy atom. The molecule has 0 aromatic heterocycles. The van der Waals surface area contributed by atoms with Crippen LogP contribution in [0.3, 0.4) is 0 Å². The second-order valence-electron chi connectivity index (χ2n) is 1.98. The minimum Gasteiger partial charge on any atom is -0.296 e. The lowest BCUT2D eigenvalue weighted by atomic mass is 10.3. The van der Waals surface area contributed by atoms with Crippen molar-refractivity contribution in [2.45, 2.75) is 17.7 Å². The first-order chi connectivity index (χ1) is 3.72. The number of hydrogen-bond donors (Lipinski definition) is 0. The van der Waals surface area contributed by atoms with Crippen LogP contribution in [-0.2, 0) is 4.79 Å². The highest BCUT2D eigenvalue weighted by Gasteiger charge is 2.32. The van der Waals surface area contributed by atoms with Crippen molar-refractivity contribution in [3.8, 4) is 0 Å². The van der Waals surface area contributed by atoms with E-state index in [2.05, 4.69) is 0 Å². The van der Waals surface area contributed by atoms with Crippen molar-refractivity contribution in [1.29, 1.82) is 0 Å². The molecule has 0 amide bonds. The summed E-state index contributed by atoms with van der Waals surface area (Å²) >= 11 is 10.6. The molecule has 46 valence electrons. The lowest BCUT2D eigenvalue weighted by molar-refractivity contribution is -0.118. The van der Waals surface area contributed by atoms with Crippen molar-refractivity contribution in [3.05, 3.63) is 0 Å². The Labute approximate surface area is 58.0 Å². The Morgan fingerprint density at radius 2 is 2.00 bits per heavy atom. The summed E-state index contributed by atoms with van der Waals surface area (Å²) in [4.78, 5) is 9.85. The van der Waals surface area contributed by atoms with Gasteiger partial charge in [0.2, 0.25) is 0 Å². The van der Waals surface area contributed by atoms with Gasteiger partial charge in [-0.05, 0) is 12.8 Å². The van der Waals surface area contributed by atoms with Crippen LogP contribution < -0.4 is 0 Å². The van der Waals surface area contributed by atoms with Gasteiger partial charge in [0.05, 0.1) is 0 Å². The predicted octanol–water partition coefficient (Wildman–Crippen LogP) is 1.77. The molecule has 1 aliphatic carbocycles. The fraction of sp³-hybridized carbons (Fsp3) is 0.800. The van der Waals surface area contributed by atoms with Gasteiger partial charge < -0.3 is 0 Å². The van der Waals surface area contributed by atoms with Crippen molar-refractivity contribution in [3.63, 3.8) is 0 Å². The molecule has 0 radical (unpaired) electrons. The summed E-state index contributed by atoms with van der Waals surface area (Å²) < 4.78 is 0. The average molecular weight is 153 g/mol. The van der Waals surface area contributed by atoms with E-state index in [1.807, 2.05) is 0 Å². The van der Waals surface area contributed by atoms with Crippen LogP contribution in [0, 0.1) is 5.92 Å². The molecule has 1 saturated carbocycles. The van der Waals surface area contributed by atoms with E-state index < -0.39 is 4.84 Å². The van der Waals surface area contributed by atoms with E-state index >= 15 is 0 Å². The number of halogens is 2. The van der Waals surface area contributed by atoms with Crippen LogP contribution in [0.1, 0.15) is 12.8 Å². The van der Waals surface area contributed by atoms with Crippen LogP contribution in [0.15, 0.2) is 0 Å². The fourth-order valence-electron chi connectivity index (χ4n) is 0.546. The number of ketones is 1. The van der Waals surface area contributed by atoms with Gasteiger partial charge in [0.1, 0.15) is 0 Å². The van der Waals surface area contributed by atoms with E-state index in [1.165, 1.54) is 0 Å². The van der Waals surface area contributed by atoms with E-state index in [4.69, 9.17) is 23.2 Å². The number of alkyl halides is 2. The first-order valence-corrected chi connectivity index (χ1v) is 3.41. The van der Waals surface area contributed by atoms with E-state index in [-0.39, 0.29) is 11.7 Å². The minimum absolute atomic E-state index is 0.00617. The molecule has 0 bridgehead atoms. The summed E-state index contributed by atoms with van der Waals surface area (Å²) in [5.74, 6) is 0.184. The minimum atomic E-state index is -0.789. The highest BCUT2D eigenvalue weighted by molar-refractivity contribution is 6.54. The number of carbonyl (C=O) groups excluding carboxylic acids is 1. The zero-order valence-corrected chi connectivity index (χ0v) is 5.74. The summed E-state index contributed by atoms with van der Waals surface area (Å²) in [5, 5.41) is 0. The number of hydrogen-bond acceptors (Lipinski definition) is 1. The van der Waals surface area contributed by atoms with Crippen molar-refractivity contribution in [1.82, 2.24) is 0 Å². The second kappa shape index (κ2) is 2.24. The third-order valence-corrected chi connectivity index (χ3v) is 1.62. The topological polar surface area (TPSA) is 17.1 Å². The molecule has 0 saturated heterocycles. The third-order valence-electron chi connectivity index (χ3n) is 1.19. The molecular weight excluding hydrogens is 147 g/mol. The summed E-state index contributed by atoms with van der Waals surface area (Å²) in [6.45, 7) is 0. The van der Waals surface area contributed by atoms with Crippen LogP contribution in [0.4, 0.5) is 0 Å². The molecule has 0 atom stereocenters. The molecule has 1 aliphatic rings. The quantitative estimate of drug-likeness (QED) is 0.552. The maximum absolute atomic E-state index is 10.6. The molecule has 0 N–H and O–H groups in total. The van der Waals surface area contributed by atoms with E-state index in [9.17, 15) is 4.79 Å². The van der Waals surface area contributed by atoms with E-state index in [1.54, 1.807) is 0 Å². The van der Waals surface area contributed by atoms with Gasteiger partial charge in [-0.3, -0.25) is 4.79 Å². The Bertz CT molecular complexity index is 103. The molecule has 0 spiro atoms. The Morgan fingerprint density at radius 3 is 2.12 bits per heavy atom. The van der Waals surface area contributed by atoms with Crippen molar-refractivity contribution >= 4 is 29.0 Å². The molecule has 1 fully saturated rings. The van der Waals surface area contributed by atoms with Gasteiger partial charge in [-0.2, -0.15) is 0 Å². The molecule has 0 heterocycles. The molecule has 0 aliphatic heterocycles. The van der Waals surface area contributed by atoms with Crippen molar-refractivity contribution < 1.29 is 4.79 Å². The highest BCUT2D eigenvalue weighted by Crippen LogP contribution is 2.32. The molecule has 0 aromatic rings. The second-order valence-corrected chi connectivity index (χ2v) is 3.07. The van der Waals surface area contributed by atoms with Gasteiger partial charge in [0.25, 0.3) is 0 Å². The zero-order valence-electron chi connectivity index (χ0n) is 4.23. The monoisotopic (exact) mass is 152 g/mol. The lowest BCUT2D eigenvalue weighted by Crippen LogP contribution is -2.08. The van der Waals surface area contributed by atoms with Crippen LogP contribution in [0.5, 0.6) is 0 Å². The van der Waals surface area contributed by atoms with Gasteiger partial charge in [0, 0.05) is 5.92 Å². The molecule has 3 heteroatoms. The largest absolute Gasteiger partial charge is 0.296 e. The van der Waals surface area contributed by atoms with Crippen LogP contribution in [0.2, 0.25) is 0 Å². The number of rotatable bonds is 2. The molecule has 0 aromatic carbocycles. The third kappa shape index (κ3) is 1.36. The maximum Gasteiger partial charge on any atom is 0.168 e. The van der Waals surface area contributed by atoms with E-state index in [0.717, 1.165) is 12.8 Å². The van der Waals surface area contributed by atoms with Gasteiger partial charge in [-0.1, -0.05) is 23.2 Å². The molecule has 1 rings (SSSR count). The Balaban J connectivity index is 2.33. The van der Waals surface area contributed by atoms with E-state index in [0.29, 0.717) is 0 Å². The molecule has 1 nitrogen and oxygen atoms in total. The standard InChI is InChI=1S/C5H6Cl2O/c6-5(7)4(8)3-1-2-3/h3,5H,1-2H2. The number of carbonyl (C=O) groups is 1. The fourth-order valence-corrected chi connectivity index (χ4v) is 0.902. The van der Waals surface area contributed by atoms with Crippen molar-refractivity contribution in [2.75, 3.05) is 0 Å². The predicted molar refractivity (Wildman–Crippen MR) is 33.2 cm³/mol. The normalized spacial score (nSPS) is 19.4. The van der Waals surface area contributed by atoms with Crippen LogP contribution >= 0.6 is 23.2 Å². The van der Waals surface area contributed by atoms with Crippen LogP contribution in [0.25, 0.3) is 0 Å². The van der Waals surface area contributed by atoms with Gasteiger partial charge in [-0.25, -0.2) is 0 Å². The van der Waals surface area contributed by atoms with Gasteiger partial charge >= 0.3 is 0 Å². The average Bonchev–Trinajstić information content (AvgIpc) is 2.43. The Kier molecular flexibility index (Phi) is 1.78. The highest BCUT2D eigenvalue weighted by atomic mass is 35.5. The Hall–Kier alpha value is 0.250. The van der Waals surface area contributed by atoms with Gasteiger partial charge in [-0.15, -0.1) is 0 Å². The first kappa shape index (κ1) is 6.37. The van der Waals surface area contributed by atoms with Gasteiger partial charge in [0.15, 0.2) is 10.6 Å². The zero-order chi connectivity index (χ0) is 6.15. The summed E-state index contributed by atoms with van der Waals surface area (Å²) in [6, 6.07) is 0. The summed E-state index contributed by atoms with van der Waals surface area (Å²) in [7, 11) is 0. The first-order valence-electron chi connectivity index (χ1n) is 2.53. The SMILES string of the molecule is O=C(C(Cl)Cl)C1CC1. The maximum atomic E-state index is 10.6.